The predicted octanol–water partition coefficient (Wildman–Crippen LogP) is 2.53. The number of rotatable bonds is 7. The van der Waals surface area contributed by atoms with Crippen LogP contribution in [0.25, 0.3) is 0 Å². The van der Waals surface area contributed by atoms with E-state index >= 15 is 0 Å². The maximum absolute atomic E-state index is 14.3. The number of halogens is 2. The zero-order valence-corrected chi connectivity index (χ0v) is 18.8. The van der Waals surface area contributed by atoms with Gasteiger partial charge in [-0.15, -0.1) is 0 Å². The number of nitrogens with zero attached hydrogens (tertiary/aromatic N) is 1. The molecule has 1 aliphatic rings. The second kappa shape index (κ2) is 10.4. The van der Waals surface area contributed by atoms with Gasteiger partial charge in [-0.25, -0.2) is 17.6 Å². The van der Waals surface area contributed by atoms with Crippen molar-refractivity contribution < 1.29 is 31.9 Å². The molecule has 1 fully saturated rings. The van der Waals surface area contributed by atoms with Crippen molar-refractivity contribution in [2.75, 3.05) is 32.9 Å². The highest BCUT2D eigenvalue weighted by molar-refractivity contribution is 7.89. The highest BCUT2D eigenvalue weighted by Crippen LogP contribution is 2.22. The number of carbonyl (C=O) groups is 2. The van der Waals surface area contributed by atoms with E-state index < -0.39 is 39.2 Å². The maximum Gasteiger partial charge on any atom is 0.338 e. The molecule has 0 spiro atoms. The van der Waals surface area contributed by atoms with Gasteiger partial charge in [0.2, 0.25) is 10.0 Å². The molecule has 1 atom stereocenters. The molecule has 1 unspecified atom stereocenters. The topological polar surface area (TPSA) is 102 Å². The second-order valence-corrected chi connectivity index (χ2v) is 9.42. The molecule has 1 heterocycles. The smallest absolute Gasteiger partial charge is 0.338 e. The van der Waals surface area contributed by atoms with Crippen molar-refractivity contribution in [1.29, 1.82) is 0 Å². The summed E-state index contributed by atoms with van der Waals surface area (Å²) in [7, 11) is -4.15. The Morgan fingerprint density at radius 3 is 2.50 bits per heavy atom. The Morgan fingerprint density at radius 1 is 1.19 bits per heavy atom. The minimum absolute atomic E-state index is 0.0857. The first-order valence-electron chi connectivity index (χ1n) is 9.78. The fourth-order valence-corrected chi connectivity index (χ4v) is 4.71. The number of ether oxygens (including phenoxy) is 2. The van der Waals surface area contributed by atoms with Crippen LogP contribution in [0.15, 0.2) is 47.4 Å². The standard InChI is InChI=1S/C21H22ClFN2O6S/c1-14(15-2-5-17(22)6-3-15)24-20(26)13-31-21(27)16-4-7-18(23)19(12-16)32(28,29)25-8-10-30-11-9-25/h2-7,12,14H,8-11,13H2,1H3,(H,24,26). The summed E-state index contributed by atoms with van der Waals surface area (Å²) in [6.45, 7) is 1.74. The van der Waals surface area contributed by atoms with Crippen LogP contribution >= 0.6 is 11.6 Å². The van der Waals surface area contributed by atoms with Crippen molar-refractivity contribution in [2.45, 2.75) is 17.9 Å². The van der Waals surface area contributed by atoms with Gasteiger partial charge in [0.05, 0.1) is 24.8 Å². The number of carbonyl (C=O) groups excluding carboxylic acids is 2. The Balaban J connectivity index is 1.63. The molecule has 0 radical (unpaired) electrons. The van der Waals surface area contributed by atoms with Gasteiger partial charge in [0.1, 0.15) is 10.7 Å². The largest absolute Gasteiger partial charge is 0.452 e. The molecule has 0 aliphatic carbocycles. The van der Waals surface area contributed by atoms with Gasteiger partial charge in [-0.1, -0.05) is 23.7 Å². The number of esters is 1. The summed E-state index contributed by atoms with van der Waals surface area (Å²) in [6, 6.07) is 9.44. The first-order valence-corrected chi connectivity index (χ1v) is 11.6. The third-order valence-electron chi connectivity index (χ3n) is 4.84. The fraction of sp³-hybridized carbons (Fsp3) is 0.333. The zero-order chi connectivity index (χ0) is 23.3. The first kappa shape index (κ1) is 24.1. The van der Waals surface area contributed by atoms with Crippen LogP contribution in [-0.4, -0.2) is 57.5 Å². The summed E-state index contributed by atoms with van der Waals surface area (Å²) in [5.41, 5.74) is 0.627. The fourth-order valence-electron chi connectivity index (χ4n) is 3.09. The Morgan fingerprint density at radius 2 is 1.84 bits per heavy atom. The summed E-state index contributed by atoms with van der Waals surface area (Å²) < 4.78 is 50.9. The van der Waals surface area contributed by atoms with Gasteiger partial charge in [-0.2, -0.15) is 4.31 Å². The van der Waals surface area contributed by atoms with Gasteiger partial charge < -0.3 is 14.8 Å². The van der Waals surface area contributed by atoms with Crippen LogP contribution in [0, 0.1) is 5.82 Å². The van der Waals surface area contributed by atoms with E-state index in [0.717, 1.165) is 28.1 Å². The average molecular weight is 485 g/mol. The van der Waals surface area contributed by atoms with Crippen LogP contribution in [0.1, 0.15) is 28.9 Å². The van der Waals surface area contributed by atoms with Gasteiger partial charge in [-0.3, -0.25) is 4.79 Å². The minimum atomic E-state index is -4.15. The molecule has 2 aromatic carbocycles. The molecule has 8 nitrogen and oxygen atoms in total. The SMILES string of the molecule is CC(NC(=O)COC(=O)c1ccc(F)c(S(=O)(=O)N2CCOCC2)c1)c1ccc(Cl)cc1. The Kier molecular flexibility index (Phi) is 7.83. The third kappa shape index (κ3) is 5.83. The lowest BCUT2D eigenvalue weighted by atomic mass is 10.1. The highest BCUT2D eigenvalue weighted by atomic mass is 35.5. The van der Waals surface area contributed by atoms with Crippen LogP contribution in [0.3, 0.4) is 0 Å². The zero-order valence-electron chi connectivity index (χ0n) is 17.2. The second-order valence-electron chi connectivity index (χ2n) is 7.08. The van der Waals surface area contributed by atoms with Crippen LogP contribution < -0.4 is 5.32 Å². The van der Waals surface area contributed by atoms with Crippen molar-refractivity contribution in [3.8, 4) is 0 Å². The maximum atomic E-state index is 14.3. The molecule has 0 aromatic heterocycles. The lowest BCUT2D eigenvalue weighted by Gasteiger charge is -2.26. The number of nitrogens with one attached hydrogen (secondary N) is 1. The van der Waals surface area contributed by atoms with Gasteiger partial charge in [0.25, 0.3) is 5.91 Å². The molecule has 11 heteroatoms. The van der Waals surface area contributed by atoms with Crippen molar-refractivity contribution in [3.05, 3.63) is 64.4 Å². The number of hydrogen-bond donors (Lipinski definition) is 1. The lowest BCUT2D eigenvalue weighted by Crippen LogP contribution is -2.41. The highest BCUT2D eigenvalue weighted by Gasteiger charge is 2.30. The summed E-state index contributed by atoms with van der Waals surface area (Å²) in [5, 5.41) is 3.24. The molecule has 3 rings (SSSR count). The van der Waals surface area contributed by atoms with E-state index in [-0.39, 0.29) is 37.9 Å². The summed E-state index contributed by atoms with van der Waals surface area (Å²) >= 11 is 5.84. The van der Waals surface area contributed by atoms with E-state index in [9.17, 15) is 22.4 Å². The van der Waals surface area contributed by atoms with E-state index in [4.69, 9.17) is 21.1 Å². The van der Waals surface area contributed by atoms with E-state index in [0.29, 0.717) is 5.02 Å². The van der Waals surface area contributed by atoms with Crippen LogP contribution in [0.4, 0.5) is 4.39 Å². The summed E-state index contributed by atoms with van der Waals surface area (Å²) in [5.74, 6) is -2.48. The molecule has 172 valence electrons. The van der Waals surface area contributed by atoms with Crippen molar-refractivity contribution in [3.63, 3.8) is 0 Å². The number of sulfonamides is 1. The first-order chi connectivity index (χ1) is 15.2. The third-order valence-corrected chi connectivity index (χ3v) is 7.00. The van der Waals surface area contributed by atoms with Gasteiger partial charge in [0, 0.05) is 18.1 Å². The Hall–Kier alpha value is -2.53. The van der Waals surface area contributed by atoms with Crippen molar-refractivity contribution >= 4 is 33.5 Å². The van der Waals surface area contributed by atoms with Crippen LogP contribution in [-0.2, 0) is 24.3 Å². The number of amides is 1. The lowest BCUT2D eigenvalue weighted by molar-refractivity contribution is -0.124. The van der Waals surface area contributed by atoms with E-state index in [2.05, 4.69) is 5.32 Å². The van der Waals surface area contributed by atoms with E-state index in [1.807, 2.05) is 0 Å². The molecule has 1 amide bonds. The molecular formula is C21H22ClFN2O6S. The quantitative estimate of drug-likeness (QED) is 0.606. The molecule has 0 saturated carbocycles. The summed E-state index contributed by atoms with van der Waals surface area (Å²) in [4.78, 5) is 23.8. The average Bonchev–Trinajstić information content (AvgIpc) is 2.78. The van der Waals surface area contributed by atoms with Crippen LogP contribution in [0.5, 0.6) is 0 Å². The number of hydrogen-bond acceptors (Lipinski definition) is 6. The van der Waals surface area contributed by atoms with Gasteiger partial charge in [0.15, 0.2) is 6.61 Å². The minimum Gasteiger partial charge on any atom is -0.452 e. The van der Waals surface area contributed by atoms with Crippen molar-refractivity contribution in [2.24, 2.45) is 0 Å². The molecule has 1 aliphatic heterocycles. The Labute approximate surface area is 190 Å². The predicted molar refractivity (Wildman–Crippen MR) is 114 cm³/mol. The van der Waals surface area contributed by atoms with Gasteiger partial charge in [-0.05, 0) is 42.8 Å². The normalized spacial score (nSPS) is 15.7. The molecule has 32 heavy (non-hydrogen) atoms. The molecule has 2 aromatic rings. The molecular weight excluding hydrogens is 463 g/mol. The van der Waals surface area contributed by atoms with E-state index in [1.165, 1.54) is 0 Å². The number of morpholine rings is 1. The van der Waals surface area contributed by atoms with E-state index in [1.54, 1.807) is 31.2 Å². The monoisotopic (exact) mass is 484 g/mol. The molecule has 0 bridgehead atoms. The van der Waals surface area contributed by atoms with Crippen LogP contribution in [0.2, 0.25) is 5.02 Å². The molecule has 1 saturated heterocycles. The Bertz CT molecular complexity index is 1090. The summed E-state index contributed by atoms with van der Waals surface area (Å²) in [6.07, 6.45) is 0. The van der Waals surface area contributed by atoms with Crippen molar-refractivity contribution in [1.82, 2.24) is 9.62 Å². The van der Waals surface area contributed by atoms with Gasteiger partial charge >= 0.3 is 5.97 Å². The number of benzene rings is 2. The molecule has 1 N–H and O–H groups in total.